The molecule has 2 aromatic rings. The van der Waals surface area contributed by atoms with E-state index >= 15 is 0 Å². The van der Waals surface area contributed by atoms with Gasteiger partial charge < -0.3 is 10.6 Å². The molecule has 5 nitrogen and oxygen atoms in total. The molecule has 1 fully saturated rings. The summed E-state index contributed by atoms with van der Waals surface area (Å²) in [5.41, 5.74) is 1.32. The topological polar surface area (TPSA) is 52.6 Å². The molecular weight excluding hydrogens is 493 g/mol. The molecule has 148 valence electrons. The van der Waals surface area contributed by atoms with Crippen molar-refractivity contribution in [3.05, 3.63) is 50.9 Å². The van der Waals surface area contributed by atoms with Gasteiger partial charge >= 0.3 is 0 Å². The number of hydrogen-bond donors (Lipinski definition) is 2. The predicted molar refractivity (Wildman–Crippen MR) is 125 cm³/mol. The Balaban J connectivity index is 0.00000261. The first-order valence-corrected chi connectivity index (χ1v) is 10.2. The highest BCUT2D eigenvalue weighted by Crippen LogP contribution is 2.16. The second-order valence-corrected chi connectivity index (χ2v) is 8.37. The first-order chi connectivity index (χ1) is 12.6. The van der Waals surface area contributed by atoms with Gasteiger partial charge in [-0.3, -0.25) is 9.89 Å². The van der Waals surface area contributed by atoms with E-state index in [9.17, 15) is 0 Å². The van der Waals surface area contributed by atoms with Crippen molar-refractivity contribution in [3.8, 4) is 0 Å². The number of piperidine rings is 1. The van der Waals surface area contributed by atoms with Crippen molar-refractivity contribution in [3.63, 3.8) is 0 Å². The number of rotatable bonds is 5. The SMILES string of the molecule is CN=C(NCc1ncc(C)s1)NC1CCN(Cc2ccc(Cl)cc2)CC1.I. The second-order valence-electron chi connectivity index (χ2n) is 6.61. The van der Waals surface area contributed by atoms with Gasteiger partial charge in [-0.2, -0.15) is 0 Å². The number of hydrogen-bond acceptors (Lipinski definition) is 4. The molecule has 2 heterocycles. The summed E-state index contributed by atoms with van der Waals surface area (Å²) in [7, 11) is 1.82. The third-order valence-electron chi connectivity index (χ3n) is 4.55. The van der Waals surface area contributed by atoms with E-state index in [1.54, 1.807) is 11.3 Å². The Morgan fingerprint density at radius 1 is 1.30 bits per heavy atom. The molecule has 0 bridgehead atoms. The predicted octanol–water partition coefficient (Wildman–Crippen LogP) is 4.05. The summed E-state index contributed by atoms with van der Waals surface area (Å²) in [6.45, 7) is 5.95. The number of benzene rings is 1. The summed E-state index contributed by atoms with van der Waals surface area (Å²) in [5.74, 6) is 0.856. The maximum absolute atomic E-state index is 5.96. The van der Waals surface area contributed by atoms with Crippen molar-refractivity contribution < 1.29 is 0 Å². The van der Waals surface area contributed by atoms with Crippen molar-refractivity contribution in [1.82, 2.24) is 20.5 Å². The molecule has 1 aliphatic heterocycles. The zero-order valence-electron chi connectivity index (χ0n) is 15.7. The van der Waals surface area contributed by atoms with E-state index in [4.69, 9.17) is 11.6 Å². The van der Waals surface area contributed by atoms with Gasteiger partial charge in [-0.15, -0.1) is 35.3 Å². The average Bonchev–Trinajstić information content (AvgIpc) is 3.07. The number of likely N-dealkylation sites (tertiary alicyclic amines) is 1. The number of guanidine groups is 1. The van der Waals surface area contributed by atoms with Gasteiger partial charge in [-0.1, -0.05) is 23.7 Å². The molecule has 0 spiro atoms. The van der Waals surface area contributed by atoms with Gasteiger partial charge in [0.2, 0.25) is 0 Å². The lowest BCUT2D eigenvalue weighted by Crippen LogP contribution is -2.48. The van der Waals surface area contributed by atoms with Crippen LogP contribution in [0.15, 0.2) is 35.5 Å². The van der Waals surface area contributed by atoms with Gasteiger partial charge in [0.25, 0.3) is 0 Å². The number of halogens is 2. The average molecular weight is 520 g/mol. The number of nitrogens with zero attached hydrogens (tertiary/aromatic N) is 3. The third-order valence-corrected chi connectivity index (χ3v) is 5.71. The molecule has 0 saturated carbocycles. The van der Waals surface area contributed by atoms with E-state index in [2.05, 4.69) is 44.6 Å². The number of aryl methyl sites for hydroxylation is 1. The van der Waals surface area contributed by atoms with Crippen molar-refractivity contribution in [2.24, 2.45) is 4.99 Å². The quantitative estimate of drug-likeness (QED) is 0.355. The second kappa shape index (κ2) is 11.2. The minimum Gasteiger partial charge on any atom is -0.354 e. The Hall–Kier alpha value is -0.900. The molecule has 8 heteroatoms. The van der Waals surface area contributed by atoms with Gasteiger partial charge in [0.1, 0.15) is 5.01 Å². The Bertz CT molecular complexity index is 726. The van der Waals surface area contributed by atoms with Crippen molar-refractivity contribution in [2.75, 3.05) is 20.1 Å². The zero-order chi connectivity index (χ0) is 18.4. The molecule has 0 aliphatic carbocycles. The van der Waals surface area contributed by atoms with E-state index in [0.29, 0.717) is 12.6 Å². The monoisotopic (exact) mass is 519 g/mol. The van der Waals surface area contributed by atoms with Crippen molar-refractivity contribution >= 4 is 52.9 Å². The summed E-state index contributed by atoms with van der Waals surface area (Å²) in [4.78, 5) is 12.5. The molecular formula is C19H27ClIN5S. The highest BCUT2D eigenvalue weighted by atomic mass is 127. The van der Waals surface area contributed by atoms with Crippen LogP contribution in [0.4, 0.5) is 0 Å². The lowest BCUT2D eigenvalue weighted by molar-refractivity contribution is 0.198. The van der Waals surface area contributed by atoms with E-state index in [-0.39, 0.29) is 24.0 Å². The standard InChI is InChI=1S/C19H26ClN5S.HI/c1-14-11-22-18(26-14)12-23-19(21-2)24-17-7-9-25(10-8-17)13-15-3-5-16(20)6-4-15;/h3-6,11,17H,7-10,12-13H2,1-2H3,(H2,21,23,24);1H. The molecule has 1 aliphatic rings. The van der Waals surface area contributed by atoms with Crippen molar-refractivity contribution in [1.29, 1.82) is 0 Å². The van der Waals surface area contributed by atoms with E-state index < -0.39 is 0 Å². The molecule has 27 heavy (non-hydrogen) atoms. The molecule has 1 aromatic carbocycles. The molecule has 0 radical (unpaired) electrons. The van der Waals surface area contributed by atoms with Crippen LogP contribution in [0.5, 0.6) is 0 Å². The molecule has 0 atom stereocenters. The summed E-state index contributed by atoms with van der Waals surface area (Å²) >= 11 is 7.68. The fraction of sp³-hybridized carbons (Fsp3) is 0.474. The smallest absolute Gasteiger partial charge is 0.191 e. The van der Waals surface area contributed by atoms with Crippen LogP contribution < -0.4 is 10.6 Å². The minimum atomic E-state index is 0. The van der Waals surface area contributed by atoms with Crippen LogP contribution in [0.25, 0.3) is 0 Å². The minimum absolute atomic E-state index is 0. The lowest BCUT2D eigenvalue weighted by Gasteiger charge is -2.33. The molecule has 0 unspecified atom stereocenters. The zero-order valence-corrected chi connectivity index (χ0v) is 19.6. The van der Waals surface area contributed by atoms with Gasteiger partial charge in [-0.05, 0) is 37.5 Å². The third kappa shape index (κ3) is 7.21. The number of aromatic nitrogens is 1. The first-order valence-electron chi connectivity index (χ1n) is 8.97. The van der Waals surface area contributed by atoms with Crippen LogP contribution in [-0.4, -0.2) is 42.0 Å². The Morgan fingerprint density at radius 2 is 2.00 bits per heavy atom. The molecule has 2 N–H and O–H groups in total. The summed E-state index contributed by atoms with van der Waals surface area (Å²) in [6, 6.07) is 8.60. The van der Waals surface area contributed by atoms with Crippen LogP contribution in [-0.2, 0) is 13.1 Å². The maximum atomic E-state index is 5.96. The Morgan fingerprint density at radius 3 is 2.59 bits per heavy atom. The summed E-state index contributed by atoms with van der Waals surface area (Å²) in [5, 5.41) is 8.79. The van der Waals surface area contributed by atoms with Crippen LogP contribution in [0.1, 0.15) is 28.3 Å². The number of nitrogens with one attached hydrogen (secondary N) is 2. The highest BCUT2D eigenvalue weighted by Gasteiger charge is 2.20. The van der Waals surface area contributed by atoms with Crippen LogP contribution in [0, 0.1) is 6.92 Å². The highest BCUT2D eigenvalue weighted by molar-refractivity contribution is 14.0. The lowest BCUT2D eigenvalue weighted by atomic mass is 10.0. The number of thiazole rings is 1. The van der Waals surface area contributed by atoms with Gasteiger partial charge in [-0.25, -0.2) is 4.98 Å². The summed E-state index contributed by atoms with van der Waals surface area (Å²) < 4.78 is 0. The first kappa shape index (κ1) is 22.4. The van der Waals surface area contributed by atoms with Crippen LogP contribution in [0.3, 0.4) is 0 Å². The van der Waals surface area contributed by atoms with E-state index in [1.165, 1.54) is 10.4 Å². The largest absolute Gasteiger partial charge is 0.354 e. The van der Waals surface area contributed by atoms with Crippen LogP contribution >= 0.6 is 46.9 Å². The van der Waals surface area contributed by atoms with Crippen LogP contribution in [0.2, 0.25) is 5.02 Å². The van der Waals surface area contributed by atoms with E-state index in [1.807, 2.05) is 25.4 Å². The fourth-order valence-corrected chi connectivity index (χ4v) is 3.97. The fourth-order valence-electron chi connectivity index (χ4n) is 3.11. The Kier molecular flexibility index (Phi) is 9.28. The van der Waals surface area contributed by atoms with Gasteiger partial charge in [0.15, 0.2) is 5.96 Å². The molecule has 1 aromatic heterocycles. The normalized spacial score (nSPS) is 16.0. The van der Waals surface area contributed by atoms with Gasteiger partial charge in [0, 0.05) is 48.8 Å². The molecule has 0 amide bonds. The molecule has 3 rings (SSSR count). The number of aliphatic imine (C=N–C) groups is 1. The maximum Gasteiger partial charge on any atom is 0.191 e. The summed E-state index contributed by atoms with van der Waals surface area (Å²) in [6.07, 6.45) is 4.14. The van der Waals surface area contributed by atoms with E-state index in [0.717, 1.165) is 48.5 Å². The van der Waals surface area contributed by atoms with Gasteiger partial charge in [0.05, 0.1) is 6.54 Å². The van der Waals surface area contributed by atoms with Crippen molar-refractivity contribution in [2.45, 2.75) is 38.9 Å². The molecule has 1 saturated heterocycles. The Labute approximate surface area is 187 Å².